The smallest absolute Gasteiger partial charge is 0.272 e. The number of ether oxygens (including phenoxy) is 2. The number of aromatic nitrogens is 2. The van der Waals surface area contributed by atoms with Gasteiger partial charge in [-0.25, -0.2) is 0 Å². The maximum Gasteiger partial charge on any atom is 0.272 e. The topological polar surface area (TPSA) is 76.2 Å². The fourth-order valence-electron chi connectivity index (χ4n) is 3.34. The van der Waals surface area contributed by atoms with Crippen molar-refractivity contribution in [2.24, 2.45) is 5.92 Å². The molecule has 3 rings (SSSR count). The van der Waals surface area contributed by atoms with Crippen LogP contribution in [0.2, 0.25) is 0 Å². The van der Waals surface area contributed by atoms with Gasteiger partial charge in [0, 0.05) is 5.69 Å². The lowest BCUT2D eigenvalue weighted by atomic mass is 10.1. The molecule has 0 radical (unpaired) electrons. The van der Waals surface area contributed by atoms with E-state index < -0.39 is 0 Å². The summed E-state index contributed by atoms with van der Waals surface area (Å²) in [6.07, 6.45) is 2.64. The van der Waals surface area contributed by atoms with Crippen molar-refractivity contribution in [3.63, 3.8) is 0 Å². The zero-order chi connectivity index (χ0) is 18.0. The summed E-state index contributed by atoms with van der Waals surface area (Å²) in [5, 5.41) is 10.2. The van der Waals surface area contributed by atoms with E-state index in [1.54, 1.807) is 14.2 Å². The van der Waals surface area contributed by atoms with Gasteiger partial charge in [-0.1, -0.05) is 13.8 Å². The molecule has 25 heavy (non-hydrogen) atoms. The molecule has 6 nitrogen and oxygen atoms in total. The Labute approximate surface area is 147 Å². The number of carbonyl (C=O) groups is 1. The highest BCUT2D eigenvalue weighted by Gasteiger charge is 2.27. The number of aryl methyl sites for hydroxylation is 1. The van der Waals surface area contributed by atoms with E-state index in [0.717, 1.165) is 36.3 Å². The fraction of sp³-hybridized carbons (Fsp3) is 0.474. The van der Waals surface area contributed by atoms with Gasteiger partial charge in [-0.05, 0) is 54.5 Å². The molecule has 1 aromatic carbocycles. The number of rotatable bonds is 6. The molecule has 1 aliphatic carbocycles. The summed E-state index contributed by atoms with van der Waals surface area (Å²) in [5.41, 5.74) is 3.69. The molecule has 2 N–H and O–H groups in total. The van der Waals surface area contributed by atoms with Gasteiger partial charge in [0.25, 0.3) is 5.91 Å². The monoisotopic (exact) mass is 343 g/mol. The van der Waals surface area contributed by atoms with Gasteiger partial charge in [-0.2, -0.15) is 5.10 Å². The lowest BCUT2D eigenvalue weighted by Crippen LogP contribution is -2.27. The van der Waals surface area contributed by atoms with E-state index in [4.69, 9.17) is 9.47 Å². The maximum absolute atomic E-state index is 12.5. The zero-order valence-electron chi connectivity index (χ0n) is 15.2. The van der Waals surface area contributed by atoms with Crippen LogP contribution < -0.4 is 14.8 Å². The Morgan fingerprint density at radius 1 is 1.28 bits per heavy atom. The second-order valence-corrected chi connectivity index (χ2v) is 6.85. The Morgan fingerprint density at radius 2 is 2.00 bits per heavy atom. The first-order valence-corrected chi connectivity index (χ1v) is 8.61. The van der Waals surface area contributed by atoms with E-state index in [0.29, 0.717) is 17.4 Å². The summed E-state index contributed by atoms with van der Waals surface area (Å²) in [5.74, 6) is 1.76. The Bertz CT molecular complexity index is 767. The molecule has 0 bridgehead atoms. The molecule has 1 amide bonds. The zero-order valence-corrected chi connectivity index (χ0v) is 15.2. The van der Waals surface area contributed by atoms with Gasteiger partial charge in [0.2, 0.25) is 0 Å². The Balaban J connectivity index is 1.75. The standard InChI is InChI=1S/C19H25N3O3/c1-11(2)7-13-9-16(22-21-13)19(23)20-15-6-5-12-8-17(24-3)18(25-4)10-14(12)15/h8-11,15H,5-7H2,1-4H3,(H,20,23)(H,21,22). The molecule has 0 aliphatic heterocycles. The molecule has 1 aliphatic rings. The van der Waals surface area contributed by atoms with E-state index in [1.165, 1.54) is 5.56 Å². The third kappa shape index (κ3) is 3.62. The third-order valence-corrected chi connectivity index (χ3v) is 4.52. The number of benzene rings is 1. The van der Waals surface area contributed by atoms with Crippen LogP contribution in [0.1, 0.15) is 53.6 Å². The molecular weight excluding hydrogens is 318 g/mol. The summed E-state index contributed by atoms with van der Waals surface area (Å²) < 4.78 is 10.7. The second-order valence-electron chi connectivity index (χ2n) is 6.85. The SMILES string of the molecule is COc1cc2c(cc1OC)C(NC(=O)c1cc(CC(C)C)[nH]n1)CC2. The number of hydrogen-bond donors (Lipinski definition) is 2. The molecule has 134 valence electrons. The van der Waals surface area contributed by atoms with Crippen LogP contribution in [0.5, 0.6) is 11.5 Å². The molecule has 0 saturated carbocycles. The van der Waals surface area contributed by atoms with Crippen molar-refractivity contribution in [3.8, 4) is 11.5 Å². The van der Waals surface area contributed by atoms with Crippen LogP contribution in [-0.4, -0.2) is 30.3 Å². The molecular formula is C19H25N3O3. The van der Waals surface area contributed by atoms with E-state index in [9.17, 15) is 4.79 Å². The molecule has 0 spiro atoms. The van der Waals surface area contributed by atoms with Crippen molar-refractivity contribution in [2.45, 2.75) is 39.2 Å². The molecule has 1 atom stereocenters. The van der Waals surface area contributed by atoms with E-state index in [2.05, 4.69) is 29.4 Å². The number of nitrogens with zero attached hydrogens (tertiary/aromatic N) is 1. The number of aromatic amines is 1. The Morgan fingerprint density at radius 3 is 2.68 bits per heavy atom. The second kappa shape index (κ2) is 7.17. The Hall–Kier alpha value is -2.50. The molecule has 0 saturated heterocycles. The number of amides is 1. The summed E-state index contributed by atoms with van der Waals surface area (Å²) in [6, 6.07) is 5.75. The summed E-state index contributed by atoms with van der Waals surface area (Å²) in [6.45, 7) is 4.27. The van der Waals surface area contributed by atoms with Crippen LogP contribution in [-0.2, 0) is 12.8 Å². The lowest BCUT2D eigenvalue weighted by Gasteiger charge is -2.15. The third-order valence-electron chi connectivity index (χ3n) is 4.52. The number of methoxy groups -OCH3 is 2. The number of nitrogens with one attached hydrogen (secondary N) is 2. The van der Waals surface area contributed by atoms with Crippen LogP contribution >= 0.6 is 0 Å². The molecule has 6 heteroatoms. The summed E-state index contributed by atoms with van der Waals surface area (Å²) in [7, 11) is 3.25. The number of hydrogen-bond acceptors (Lipinski definition) is 4. The molecule has 1 aromatic heterocycles. The van der Waals surface area contributed by atoms with Crippen molar-refractivity contribution in [2.75, 3.05) is 14.2 Å². The van der Waals surface area contributed by atoms with Crippen molar-refractivity contribution >= 4 is 5.91 Å². The molecule has 1 heterocycles. The van der Waals surface area contributed by atoms with Crippen molar-refractivity contribution in [3.05, 3.63) is 40.7 Å². The van der Waals surface area contributed by atoms with Gasteiger partial charge in [0.1, 0.15) is 5.69 Å². The fourth-order valence-corrected chi connectivity index (χ4v) is 3.34. The van der Waals surface area contributed by atoms with Gasteiger partial charge in [0.15, 0.2) is 11.5 Å². The molecule has 2 aromatic rings. The minimum absolute atomic E-state index is 0.0347. The average Bonchev–Trinajstić information content (AvgIpc) is 3.20. The molecule has 0 fully saturated rings. The van der Waals surface area contributed by atoms with Crippen molar-refractivity contribution in [1.82, 2.24) is 15.5 Å². The van der Waals surface area contributed by atoms with Crippen molar-refractivity contribution < 1.29 is 14.3 Å². The van der Waals surface area contributed by atoms with Crippen LogP contribution in [0.3, 0.4) is 0 Å². The number of H-pyrrole nitrogens is 1. The first-order valence-electron chi connectivity index (χ1n) is 8.61. The highest BCUT2D eigenvalue weighted by atomic mass is 16.5. The van der Waals surface area contributed by atoms with Gasteiger partial charge in [-0.15, -0.1) is 0 Å². The number of fused-ring (bicyclic) bond motifs is 1. The normalized spacial score (nSPS) is 16.0. The van der Waals surface area contributed by atoms with Crippen LogP contribution in [0.25, 0.3) is 0 Å². The lowest BCUT2D eigenvalue weighted by molar-refractivity contribution is 0.0931. The highest BCUT2D eigenvalue weighted by Crippen LogP contribution is 2.39. The van der Waals surface area contributed by atoms with Gasteiger partial charge in [0.05, 0.1) is 20.3 Å². The maximum atomic E-state index is 12.5. The van der Waals surface area contributed by atoms with Gasteiger partial charge >= 0.3 is 0 Å². The summed E-state index contributed by atoms with van der Waals surface area (Å²) >= 11 is 0. The first-order chi connectivity index (χ1) is 12.0. The largest absolute Gasteiger partial charge is 0.493 e. The van der Waals surface area contributed by atoms with Crippen molar-refractivity contribution in [1.29, 1.82) is 0 Å². The van der Waals surface area contributed by atoms with Gasteiger partial charge in [-0.3, -0.25) is 9.89 Å². The van der Waals surface area contributed by atoms with Gasteiger partial charge < -0.3 is 14.8 Å². The minimum atomic E-state index is -0.154. The predicted octanol–water partition coefficient (Wildman–Crippen LogP) is 3.04. The van der Waals surface area contributed by atoms with Crippen LogP contribution in [0, 0.1) is 5.92 Å². The quantitative estimate of drug-likeness (QED) is 0.845. The Kier molecular flexibility index (Phi) is 4.97. The number of carbonyl (C=O) groups excluding carboxylic acids is 1. The van der Waals surface area contributed by atoms with Crippen LogP contribution in [0.15, 0.2) is 18.2 Å². The highest BCUT2D eigenvalue weighted by molar-refractivity contribution is 5.92. The van der Waals surface area contributed by atoms with E-state index >= 15 is 0 Å². The van der Waals surface area contributed by atoms with E-state index in [1.807, 2.05) is 18.2 Å². The predicted molar refractivity (Wildman–Crippen MR) is 95.2 cm³/mol. The first kappa shape index (κ1) is 17.3. The minimum Gasteiger partial charge on any atom is -0.493 e. The van der Waals surface area contributed by atoms with Crippen LogP contribution in [0.4, 0.5) is 0 Å². The van der Waals surface area contributed by atoms with E-state index in [-0.39, 0.29) is 11.9 Å². The average molecular weight is 343 g/mol. The summed E-state index contributed by atoms with van der Waals surface area (Å²) in [4.78, 5) is 12.5. The molecule has 1 unspecified atom stereocenters.